The number of hydrogen-bond acceptors (Lipinski definition) is 8. The van der Waals surface area contributed by atoms with Gasteiger partial charge in [-0.3, -0.25) is 14.9 Å². The van der Waals surface area contributed by atoms with E-state index in [9.17, 15) is 27.6 Å². The second-order valence-corrected chi connectivity index (χ2v) is 13.8. The molecule has 12 heteroatoms. The van der Waals surface area contributed by atoms with E-state index in [0.717, 1.165) is 0 Å². The van der Waals surface area contributed by atoms with Gasteiger partial charge in [0, 0.05) is 12.5 Å². The van der Waals surface area contributed by atoms with Crippen molar-refractivity contribution in [3.05, 3.63) is 43.0 Å². The maximum atomic E-state index is 13.6. The highest BCUT2D eigenvalue weighted by Crippen LogP contribution is 2.46. The lowest BCUT2D eigenvalue weighted by molar-refractivity contribution is -0.135. The molecular formula is C29H42N4O7S. The normalized spacial score (nSPS) is 25.6. The fraction of sp³-hybridized carbons (Fsp3) is 0.586. The third kappa shape index (κ3) is 7.34. The van der Waals surface area contributed by atoms with Crippen LogP contribution in [0.2, 0.25) is 0 Å². The molecule has 3 amide bonds. The van der Waals surface area contributed by atoms with Crippen LogP contribution < -0.4 is 15.4 Å². The highest BCUT2D eigenvalue weighted by atomic mass is 32.2. The molecule has 2 fully saturated rings. The van der Waals surface area contributed by atoms with Crippen LogP contribution in [0.1, 0.15) is 54.4 Å². The first-order valence-electron chi connectivity index (χ1n) is 13.8. The van der Waals surface area contributed by atoms with Gasteiger partial charge in [0.2, 0.25) is 5.91 Å². The van der Waals surface area contributed by atoms with Crippen LogP contribution in [0.15, 0.2) is 47.9 Å². The Morgan fingerprint density at radius 2 is 1.78 bits per heavy atom. The molecule has 1 aliphatic carbocycles. The molecule has 0 aromatic heterocycles. The van der Waals surface area contributed by atoms with Crippen molar-refractivity contribution in [1.29, 1.82) is 0 Å². The average molecular weight is 591 g/mol. The third-order valence-electron chi connectivity index (χ3n) is 7.67. The number of carbonyl (C=O) groups excluding carboxylic acids is 4. The number of amides is 3. The first kappa shape index (κ1) is 32.3. The molecule has 0 spiro atoms. The van der Waals surface area contributed by atoms with E-state index in [1.807, 2.05) is 13.8 Å². The lowest BCUT2D eigenvalue weighted by Crippen LogP contribution is -2.62. The van der Waals surface area contributed by atoms with Crippen molar-refractivity contribution in [2.24, 2.45) is 17.8 Å². The topological polar surface area (TPSA) is 151 Å². The van der Waals surface area contributed by atoms with Gasteiger partial charge in [-0.2, -0.15) is 0 Å². The Morgan fingerprint density at radius 3 is 2.29 bits per heavy atom. The molecule has 1 aliphatic heterocycles. The Balaban J connectivity index is 1.85. The zero-order valence-corrected chi connectivity index (χ0v) is 25.4. The predicted molar refractivity (Wildman–Crippen MR) is 153 cm³/mol. The molecule has 1 aromatic carbocycles. The smallest absolute Gasteiger partial charge is 0.408 e. The van der Waals surface area contributed by atoms with E-state index in [4.69, 9.17) is 4.74 Å². The lowest BCUT2D eigenvalue weighted by atomic mass is 9.84. The summed E-state index contributed by atoms with van der Waals surface area (Å²) >= 11 is 0. The molecule has 2 aliphatic rings. The van der Waals surface area contributed by atoms with Crippen molar-refractivity contribution in [3.8, 4) is 0 Å². The number of rotatable bonds is 11. The van der Waals surface area contributed by atoms with Gasteiger partial charge < -0.3 is 19.7 Å². The Morgan fingerprint density at radius 1 is 1.15 bits per heavy atom. The zero-order valence-electron chi connectivity index (χ0n) is 24.5. The number of ether oxygens (including phenoxy) is 1. The number of likely N-dealkylation sites (tertiary alicyclic amines) is 1. The summed E-state index contributed by atoms with van der Waals surface area (Å²) < 4.78 is 33.2. The Hall–Kier alpha value is -3.25. The molecule has 226 valence electrons. The molecule has 1 heterocycles. The molecule has 1 unspecified atom stereocenters. The van der Waals surface area contributed by atoms with Gasteiger partial charge in [-0.15, -0.1) is 6.58 Å². The minimum absolute atomic E-state index is 0.0647. The van der Waals surface area contributed by atoms with Gasteiger partial charge >= 0.3 is 6.09 Å². The number of nitrogens with one attached hydrogen (secondary N) is 3. The first-order valence-corrected chi connectivity index (χ1v) is 15.3. The Labute approximate surface area is 242 Å². The molecule has 3 N–H and O–H groups in total. The van der Waals surface area contributed by atoms with Crippen LogP contribution >= 0.6 is 0 Å². The number of hydrogen-bond donors (Lipinski definition) is 3. The fourth-order valence-electron chi connectivity index (χ4n) is 5.51. The molecular weight excluding hydrogens is 548 g/mol. The van der Waals surface area contributed by atoms with Gasteiger partial charge in [-0.1, -0.05) is 38.1 Å². The molecule has 41 heavy (non-hydrogen) atoms. The highest BCUT2D eigenvalue weighted by molar-refractivity contribution is 7.90. The standard InChI is InChI=1S/C29H42N4O7S/c1-8-20-16-29(20,26(36)32-41(38,39)21-12-10-9-11-13-21)31-23(17-34)24-22(18(2)3)14-15-33(24)25(35)19(4)30-27(37)40-28(5,6)7/h8-13,17-20,22-24,31H,1,14-16H2,2-7H3,(H,30,37)(H,32,36)/t19-,20+,22+,23?,24-,29+/m0/s1. The van der Waals surface area contributed by atoms with E-state index in [1.54, 1.807) is 56.9 Å². The zero-order chi connectivity index (χ0) is 30.8. The summed E-state index contributed by atoms with van der Waals surface area (Å²) in [5.74, 6) is -1.61. The molecule has 0 bridgehead atoms. The van der Waals surface area contributed by atoms with Crippen LogP contribution in [-0.4, -0.2) is 73.3 Å². The van der Waals surface area contributed by atoms with Gasteiger partial charge in [0.1, 0.15) is 23.5 Å². The monoisotopic (exact) mass is 590 g/mol. The Bertz CT molecular complexity index is 1260. The number of benzene rings is 1. The maximum absolute atomic E-state index is 13.6. The SMILES string of the molecule is C=C[C@@H]1C[C@]1(NC(C=O)[C@@H]1[C@@H](C(C)C)CCN1C(=O)[C@H](C)NC(=O)OC(C)(C)C)C(=O)NS(=O)(=O)c1ccccc1. The highest BCUT2D eigenvalue weighted by Gasteiger charge is 2.61. The van der Waals surface area contributed by atoms with E-state index in [0.29, 0.717) is 19.3 Å². The average Bonchev–Trinajstić information content (AvgIpc) is 3.43. The number of alkyl carbamates (subject to hydrolysis) is 1. The van der Waals surface area contributed by atoms with Gasteiger partial charge in [-0.05, 0) is 64.5 Å². The van der Waals surface area contributed by atoms with Gasteiger partial charge in [0.25, 0.3) is 15.9 Å². The van der Waals surface area contributed by atoms with Crippen LogP contribution in [0, 0.1) is 17.8 Å². The molecule has 0 radical (unpaired) electrons. The summed E-state index contributed by atoms with van der Waals surface area (Å²) in [5.41, 5.74) is -2.14. The second kappa shape index (κ2) is 12.3. The van der Waals surface area contributed by atoms with Gasteiger partial charge in [-0.25, -0.2) is 17.9 Å². The van der Waals surface area contributed by atoms with Crippen molar-refractivity contribution >= 4 is 34.2 Å². The van der Waals surface area contributed by atoms with E-state index in [2.05, 4.69) is 21.9 Å². The van der Waals surface area contributed by atoms with E-state index < -0.39 is 57.2 Å². The minimum atomic E-state index is -4.16. The third-order valence-corrected chi connectivity index (χ3v) is 9.02. The minimum Gasteiger partial charge on any atom is -0.444 e. The quantitative estimate of drug-likeness (QED) is 0.263. The van der Waals surface area contributed by atoms with E-state index >= 15 is 0 Å². The summed E-state index contributed by atoms with van der Waals surface area (Å²) in [4.78, 5) is 53.4. The van der Waals surface area contributed by atoms with Crippen molar-refractivity contribution in [3.63, 3.8) is 0 Å². The van der Waals surface area contributed by atoms with Crippen LogP contribution in [-0.2, 0) is 29.1 Å². The van der Waals surface area contributed by atoms with Crippen LogP contribution in [0.3, 0.4) is 0 Å². The molecule has 1 aromatic rings. The van der Waals surface area contributed by atoms with Gasteiger partial charge in [0.15, 0.2) is 0 Å². The van der Waals surface area contributed by atoms with Crippen molar-refractivity contribution in [2.45, 2.75) is 88.5 Å². The van der Waals surface area contributed by atoms with Crippen LogP contribution in [0.4, 0.5) is 4.79 Å². The van der Waals surface area contributed by atoms with Crippen LogP contribution in [0.25, 0.3) is 0 Å². The van der Waals surface area contributed by atoms with Crippen molar-refractivity contribution < 1.29 is 32.3 Å². The van der Waals surface area contributed by atoms with E-state index in [-0.39, 0.29) is 29.1 Å². The second-order valence-electron chi connectivity index (χ2n) is 12.2. The molecule has 1 saturated heterocycles. The Kier molecular flexibility index (Phi) is 9.69. The number of aldehydes is 1. The number of carbonyl (C=O) groups is 4. The summed E-state index contributed by atoms with van der Waals surface area (Å²) in [6.07, 6.45) is 2.33. The summed E-state index contributed by atoms with van der Waals surface area (Å²) in [6, 6.07) is 4.97. The summed E-state index contributed by atoms with van der Waals surface area (Å²) in [6.45, 7) is 14.8. The predicted octanol–water partition coefficient (Wildman–Crippen LogP) is 2.38. The first-order chi connectivity index (χ1) is 19.1. The van der Waals surface area contributed by atoms with Crippen molar-refractivity contribution in [1.82, 2.24) is 20.3 Å². The number of nitrogens with zero attached hydrogens (tertiary/aromatic N) is 1. The van der Waals surface area contributed by atoms with E-state index in [1.165, 1.54) is 12.1 Å². The summed E-state index contributed by atoms with van der Waals surface area (Å²) in [5, 5.41) is 5.70. The maximum Gasteiger partial charge on any atom is 0.408 e. The van der Waals surface area contributed by atoms with Crippen molar-refractivity contribution in [2.75, 3.05) is 6.54 Å². The molecule has 6 atom stereocenters. The molecule has 1 saturated carbocycles. The van der Waals surface area contributed by atoms with Crippen LogP contribution in [0.5, 0.6) is 0 Å². The lowest BCUT2D eigenvalue weighted by Gasteiger charge is -2.37. The van der Waals surface area contributed by atoms with Gasteiger partial charge in [0.05, 0.1) is 17.0 Å². The largest absolute Gasteiger partial charge is 0.444 e. The fourth-order valence-corrected chi connectivity index (χ4v) is 6.57. The molecule has 11 nitrogen and oxygen atoms in total. The molecule has 3 rings (SSSR count). The summed E-state index contributed by atoms with van der Waals surface area (Å²) in [7, 11) is -4.16. The number of sulfonamides is 1.